The van der Waals surface area contributed by atoms with Crippen molar-refractivity contribution in [1.82, 2.24) is 0 Å². The molecule has 1 aliphatic heterocycles. The fourth-order valence-electron chi connectivity index (χ4n) is 2.06. The lowest BCUT2D eigenvalue weighted by atomic mass is 10.00. The largest absolute Gasteiger partial charge is 0.493 e. The Morgan fingerprint density at radius 3 is 2.93 bits per heavy atom. The molecule has 0 aromatic heterocycles. The van der Waals surface area contributed by atoms with Gasteiger partial charge in [0.05, 0.1) is 12.2 Å². The first-order valence-corrected chi connectivity index (χ1v) is 5.27. The van der Waals surface area contributed by atoms with Crippen LogP contribution >= 0.6 is 0 Å². The molecule has 1 aromatic rings. The Morgan fingerprint density at radius 2 is 2.14 bits per heavy atom. The van der Waals surface area contributed by atoms with Gasteiger partial charge in [-0.15, -0.1) is 0 Å². The summed E-state index contributed by atoms with van der Waals surface area (Å²) < 4.78 is 5.53. The number of benzene rings is 1. The second-order valence-electron chi connectivity index (χ2n) is 4.31. The molecule has 0 unspecified atom stereocenters. The summed E-state index contributed by atoms with van der Waals surface area (Å²) in [5, 5.41) is 9.96. The Balaban J connectivity index is 2.01. The summed E-state index contributed by atoms with van der Waals surface area (Å²) in [5.41, 5.74) is 1.82. The van der Waals surface area contributed by atoms with Crippen LogP contribution in [0, 0.1) is 0 Å². The molecule has 1 aromatic carbocycles. The summed E-state index contributed by atoms with van der Waals surface area (Å²) >= 11 is 0. The van der Waals surface area contributed by atoms with E-state index in [9.17, 15) is 5.11 Å². The Labute approximate surface area is 83.5 Å². The third kappa shape index (κ3) is 1.22. The minimum absolute atomic E-state index is 0.507. The van der Waals surface area contributed by atoms with Crippen molar-refractivity contribution in [2.24, 2.45) is 0 Å². The highest BCUT2D eigenvalue weighted by molar-refractivity contribution is 5.41. The van der Waals surface area contributed by atoms with E-state index in [2.05, 4.69) is 6.07 Å². The molecule has 0 atom stereocenters. The highest BCUT2D eigenvalue weighted by Gasteiger charge is 2.42. The van der Waals surface area contributed by atoms with Gasteiger partial charge in [0.2, 0.25) is 0 Å². The lowest BCUT2D eigenvalue weighted by Crippen LogP contribution is -2.11. The summed E-state index contributed by atoms with van der Waals surface area (Å²) in [6, 6.07) is 6.11. The third-order valence-corrected chi connectivity index (χ3v) is 3.17. The summed E-state index contributed by atoms with van der Waals surface area (Å²) in [7, 11) is 0. The molecular weight excluding hydrogens is 176 g/mol. The highest BCUT2D eigenvalue weighted by Crippen LogP contribution is 2.46. The van der Waals surface area contributed by atoms with Crippen molar-refractivity contribution in [2.45, 2.75) is 31.3 Å². The normalized spacial score (nSPS) is 22.4. The van der Waals surface area contributed by atoms with Gasteiger partial charge in [-0.05, 0) is 48.9 Å². The molecule has 2 aliphatic rings. The van der Waals surface area contributed by atoms with Crippen molar-refractivity contribution >= 4 is 0 Å². The van der Waals surface area contributed by atoms with Crippen LogP contribution in [0.4, 0.5) is 0 Å². The molecule has 0 bridgehead atoms. The van der Waals surface area contributed by atoms with Gasteiger partial charge >= 0.3 is 0 Å². The van der Waals surface area contributed by atoms with Crippen LogP contribution in [0.2, 0.25) is 0 Å². The summed E-state index contributed by atoms with van der Waals surface area (Å²) in [4.78, 5) is 0. The summed E-state index contributed by atoms with van der Waals surface area (Å²) in [6.45, 7) is 0.830. The minimum Gasteiger partial charge on any atom is -0.493 e. The standard InChI is InChI=1S/C12H14O2/c13-12(5-6-12)10-3-4-11-9(8-10)2-1-7-14-11/h3-4,8,13H,1-2,5-7H2. The minimum atomic E-state index is -0.507. The molecule has 1 saturated carbocycles. The first-order valence-electron chi connectivity index (χ1n) is 5.27. The molecule has 0 saturated heterocycles. The Hall–Kier alpha value is -1.02. The molecule has 74 valence electrons. The van der Waals surface area contributed by atoms with Crippen LogP contribution in [0.5, 0.6) is 5.75 Å². The Bertz CT molecular complexity index is 367. The molecule has 2 heteroatoms. The monoisotopic (exact) mass is 190 g/mol. The molecule has 3 rings (SSSR count). The van der Waals surface area contributed by atoms with Crippen LogP contribution in [0.1, 0.15) is 30.4 Å². The molecule has 2 nitrogen and oxygen atoms in total. The molecule has 1 heterocycles. The van der Waals surface area contributed by atoms with Gasteiger partial charge < -0.3 is 9.84 Å². The quantitative estimate of drug-likeness (QED) is 0.733. The van der Waals surface area contributed by atoms with Crippen LogP contribution in [0.15, 0.2) is 18.2 Å². The summed E-state index contributed by atoms with van der Waals surface area (Å²) in [6.07, 6.45) is 3.99. The molecule has 1 fully saturated rings. The van der Waals surface area contributed by atoms with E-state index < -0.39 is 5.60 Å². The van der Waals surface area contributed by atoms with Crippen molar-refractivity contribution in [3.63, 3.8) is 0 Å². The lowest BCUT2D eigenvalue weighted by Gasteiger charge is -2.19. The van der Waals surface area contributed by atoms with Crippen molar-refractivity contribution < 1.29 is 9.84 Å². The van der Waals surface area contributed by atoms with E-state index in [-0.39, 0.29) is 0 Å². The molecule has 0 spiro atoms. The van der Waals surface area contributed by atoms with Gasteiger partial charge in [-0.1, -0.05) is 6.07 Å². The molecule has 0 radical (unpaired) electrons. The first kappa shape index (κ1) is 8.30. The van der Waals surface area contributed by atoms with E-state index >= 15 is 0 Å². The zero-order chi connectivity index (χ0) is 9.60. The van der Waals surface area contributed by atoms with Gasteiger partial charge in [-0.25, -0.2) is 0 Å². The number of hydrogen-bond acceptors (Lipinski definition) is 2. The Morgan fingerprint density at radius 1 is 1.29 bits per heavy atom. The molecule has 1 aliphatic carbocycles. The van der Waals surface area contributed by atoms with Gasteiger partial charge in [0, 0.05) is 0 Å². The number of hydrogen-bond donors (Lipinski definition) is 1. The maximum absolute atomic E-state index is 9.96. The maximum Gasteiger partial charge on any atom is 0.122 e. The van der Waals surface area contributed by atoms with Crippen LogP contribution in [-0.4, -0.2) is 11.7 Å². The van der Waals surface area contributed by atoms with Gasteiger partial charge in [0.15, 0.2) is 0 Å². The predicted molar refractivity (Wildman–Crippen MR) is 53.4 cm³/mol. The van der Waals surface area contributed by atoms with Crippen LogP contribution in [0.3, 0.4) is 0 Å². The van der Waals surface area contributed by atoms with Crippen LogP contribution in [0.25, 0.3) is 0 Å². The molecule has 1 N–H and O–H groups in total. The zero-order valence-electron chi connectivity index (χ0n) is 8.12. The van der Waals surface area contributed by atoms with E-state index in [1.165, 1.54) is 5.56 Å². The average Bonchev–Trinajstić information content (AvgIpc) is 2.97. The number of aryl methyl sites for hydroxylation is 1. The number of rotatable bonds is 1. The smallest absolute Gasteiger partial charge is 0.122 e. The zero-order valence-corrected chi connectivity index (χ0v) is 8.12. The second kappa shape index (κ2) is 2.74. The van der Waals surface area contributed by atoms with Crippen molar-refractivity contribution in [3.05, 3.63) is 29.3 Å². The fourth-order valence-corrected chi connectivity index (χ4v) is 2.06. The van der Waals surface area contributed by atoms with E-state index in [4.69, 9.17) is 4.74 Å². The average molecular weight is 190 g/mol. The second-order valence-corrected chi connectivity index (χ2v) is 4.31. The van der Waals surface area contributed by atoms with E-state index in [0.29, 0.717) is 0 Å². The van der Waals surface area contributed by atoms with Crippen molar-refractivity contribution in [2.75, 3.05) is 6.61 Å². The lowest BCUT2D eigenvalue weighted by molar-refractivity contribution is 0.151. The topological polar surface area (TPSA) is 29.5 Å². The van der Waals surface area contributed by atoms with E-state index in [1.54, 1.807) is 0 Å². The van der Waals surface area contributed by atoms with Crippen LogP contribution < -0.4 is 4.74 Å². The van der Waals surface area contributed by atoms with Gasteiger partial charge in [-0.3, -0.25) is 0 Å². The van der Waals surface area contributed by atoms with Gasteiger partial charge in [0.1, 0.15) is 5.75 Å². The fraction of sp³-hybridized carbons (Fsp3) is 0.500. The van der Waals surface area contributed by atoms with Gasteiger partial charge in [-0.2, -0.15) is 0 Å². The third-order valence-electron chi connectivity index (χ3n) is 3.17. The Kier molecular flexibility index (Phi) is 1.62. The van der Waals surface area contributed by atoms with E-state index in [1.807, 2.05) is 12.1 Å². The molecule has 14 heavy (non-hydrogen) atoms. The number of ether oxygens (including phenoxy) is 1. The predicted octanol–water partition coefficient (Wildman–Crippen LogP) is 1.99. The molecule has 0 amide bonds. The SMILES string of the molecule is OC1(c2ccc3c(c2)CCCO3)CC1. The van der Waals surface area contributed by atoms with Crippen molar-refractivity contribution in [1.29, 1.82) is 0 Å². The van der Waals surface area contributed by atoms with Gasteiger partial charge in [0.25, 0.3) is 0 Å². The molecular formula is C12H14O2. The number of fused-ring (bicyclic) bond motifs is 1. The van der Waals surface area contributed by atoms with Crippen LogP contribution in [-0.2, 0) is 12.0 Å². The number of aliphatic hydroxyl groups is 1. The maximum atomic E-state index is 9.96. The highest BCUT2D eigenvalue weighted by atomic mass is 16.5. The summed E-state index contributed by atoms with van der Waals surface area (Å²) in [5.74, 6) is 1.00. The van der Waals surface area contributed by atoms with E-state index in [0.717, 1.165) is 43.6 Å². The van der Waals surface area contributed by atoms with Crippen molar-refractivity contribution in [3.8, 4) is 5.75 Å². The first-order chi connectivity index (χ1) is 6.78.